The number of nitrogens with one attached hydrogen (secondary N) is 2. The molecule has 1 aromatic rings. The lowest BCUT2D eigenvalue weighted by Crippen LogP contribution is -2.49. The Labute approximate surface area is 187 Å². The predicted octanol–water partition coefficient (Wildman–Crippen LogP) is 2.41. The molecule has 3 amide bonds. The van der Waals surface area contributed by atoms with E-state index in [0.29, 0.717) is 44.9 Å². The van der Waals surface area contributed by atoms with E-state index in [1.807, 2.05) is 0 Å². The number of amides is 3. The number of nitrogens with zero attached hydrogens (tertiary/aromatic N) is 1. The first-order chi connectivity index (χ1) is 15.3. The molecule has 2 saturated carbocycles. The summed E-state index contributed by atoms with van der Waals surface area (Å²) in [5.41, 5.74) is 0.0151. The van der Waals surface area contributed by atoms with Gasteiger partial charge in [-0.1, -0.05) is 18.2 Å². The first-order valence-corrected chi connectivity index (χ1v) is 12.6. The molecule has 2 N–H and O–H groups in total. The van der Waals surface area contributed by atoms with Crippen molar-refractivity contribution in [2.24, 2.45) is 5.92 Å². The minimum absolute atomic E-state index is 0.0951. The van der Waals surface area contributed by atoms with Crippen LogP contribution >= 0.6 is 0 Å². The van der Waals surface area contributed by atoms with Gasteiger partial charge in [0.1, 0.15) is 0 Å². The molecule has 3 aliphatic rings. The number of urea groups is 1. The van der Waals surface area contributed by atoms with Crippen LogP contribution in [-0.4, -0.2) is 50.7 Å². The average molecular weight is 466 g/mol. The van der Waals surface area contributed by atoms with Crippen molar-refractivity contribution in [1.82, 2.24) is 14.9 Å². The predicted molar refractivity (Wildman–Crippen MR) is 116 cm³/mol. The van der Waals surface area contributed by atoms with E-state index in [1.54, 1.807) is 24.3 Å². The van der Waals surface area contributed by atoms with Crippen molar-refractivity contribution in [3.05, 3.63) is 41.7 Å². The molecule has 32 heavy (non-hydrogen) atoms. The maximum atomic E-state index is 14.1. The van der Waals surface area contributed by atoms with E-state index in [2.05, 4.69) is 10.0 Å². The first-order valence-electron chi connectivity index (χ1n) is 10.9. The lowest BCUT2D eigenvalue weighted by molar-refractivity contribution is -0.121. The zero-order valence-electron chi connectivity index (χ0n) is 17.8. The van der Waals surface area contributed by atoms with Crippen molar-refractivity contribution >= 4 is 22.0 Å². The number of carbonyl (C=O) groups is 2. The number of rotatable bonds is 11. The number of imide groups is 1. The molecule has 8 nitrogen and oxygen atoms in total. The zero-order chi connectivity index (χ0) is 22.8. The molecule has 0 radical (unpaired) electrons. The van der Waals surface area contributed by atoms with E-state index < -0.39 is 27.4 Å². The van der Waals surface area contributed by atoms with Crippen LogP contribution in [0.25, 0.3) is 0 Å². The fourth-order valence-electron chi connectivity index (χ4n) is 3.64. The van der Waals surface area contributed by atoms with Gasteiger partial charge >= 0.3 is 6.03 Å². The molecule has 1 aliphatic heterocycles. The Kier molecular flexibility index (Phi) is 6.52. The number of sulfonamides is 1. The van der Waals surface area contributed by atoms with Gasteiger partial charge in [0.2, 0.25) is 15.9 Å². The topological polar surface area (TPSA) is 105 Å². The molecule has 0 aromatic heterocycles. The highest BCUT2D eigenvalue weighted by atomic mass is 32.2. The number of ether oxygens (including phenoxy) is 1. The van der Waals surface area contributed by atoms with Gasteiger partial charge in [-0.05, 0) is 55.7 Å². The third-order valence-electron chi connectivity index (χ3n) is 5.94. The van der Waals surface area contributed by atoms with Gasteiger partial charge in [-0.3, -0.25) is 10.1 Å². The van der Waals surface area contributed by atoms with Gasteiger partial charge in [-0.15, -0.1) is 0 Å². The summed E-state index contributed by atoms with van der Waals surface area (Å²) in [6.45, 7) is 1.15. The summed E-state index contributed by atoms with van der Waals surface area (Å²) in [6, 6.07) is 4.12. The van der Waals surface area contributed by atoms with Gasteiger partial charge in [0.15, 0.2) is 11.6 Å². The van der Waals surface area contributed by atoms with E-state index in [9.17, 15) is 22.4 Å². The van der Waals surface area contributed by atoms with Crippen molar-refractivity contribution < 1.29 is 27.1 Å². The van der Waals surface area contributed by atoms with Gasteiger partial charge in [-0.2, -0.15) is 0 Å². The molecule has 0 unspecified atom stereocenters. The smallest absolute Gasteiger partial charge is 0.324 e. The van der Waals surface area contributed by atoms with Gasteiger partial charge in [0.25, 0.3) is 0 Å². The molecule has 10 heteroatoms. The molecule has 4 rings (SSSR count). The van der Waals surface area contributed by atoms with E-state index in [1.165, 1.54) is 11.0 Å². The first kappa shape index (κ1) is 22.7. The van der Waals surface area contributed by atoms with E-state index >= 15 is 0 Å². The van der Waals surface area contributed by atoms with Gasteiger partial charge < -0.3 is 9.64 Å². The number of halogens is 1. The monoisotopic (exact) mass is 465 g/mol. The summed E-state index contributed by atoms with van der Waals surface area (Å²) < 4.78 is 47.7. The Morgan fingerprint density at radius 3 is 2.72 bits per heavy atom. The second-order valence-electron chi connectivity index (χ2n) is 8.71. The third-order valence-corrected chi connectivity index (χ3v) is 7.42. The minimum atomic E-state index is -3.56. The molecule has 0 bridgehead atoms. The molecule has 3 fully saturated rings. The normalized spacial score (nSPS) is 20.5. The maximum absolute atomic E-state index is 14.1. The molecular weight excluding hydrogens is 437 g/mol. The van der Waals surface area contributed by atoms with Gasteiger partial charge in [0, 0.05) is 19.5 Å². The minimum Gasteiger partial charge on any atom is -0.490 e. The van der Waals surface area contributed by atoms with Crippen LogP contribution in [0, 0.1) is 11.7 Å². The number of benzene rings is 1. The van der Waals surface area contributed by atoms with E-state index in [0.717, 1.165) is 18.4 Å². The van der Waals surface area contributed by atoms with Gasteiger partial charge in [-0.25, -0.2) is 22.3 Å². The molecule has 1 heterocycles. The van der Waals surface area contributed by atoms with Crippen LogP contribution in [0.1, 0.15) is 44.1 Å². The number of carbonyl (C=O) groups excluding carboxylic acids is 2. The van der Waals surface area contributed by atoms with E-state index in [4.69, 9.17) is 4.74 Å². The number of hydrogen-bond acceptors (Lipinski definition) is 5. The number of hydrogen-bond donors (Lipinski definition) is 2. The van der Waals surface area contributed by atoms with Crippen molar-refractivity contribution in [3.8, 4) is 5.75 Å². The average Bonchev–Trinajstić information content (AvgIpc) is 3.65. The summed E-state index contributed by atoms with van der Waals surface area (Å²) in [6.07, 6.45) is 7.49. The highest BCUT2D eigenvalue weighted by molar-refractivity contribution is 7.89. The SMILES string of the molecule is O=C1CCN(C/C=C/CCS(=O)(=O)NC2(c3ccc(F)c(OCC4CC4)c3)CC2)C(=O)N1. The van der Waals surface area contributed by atoms with Crippen LogP contribution in [0.5, 0.6) is 5.75 Å². The molecule has 174 valence electrons. The Balaban J connectivity index is 1.28. The van der Waals surface area contributed by atoms with Crippen LogP contribution in [0.2, 0.25) is 0 Å². The second-order valence-corrected chi connectivity index (χ2v) is 10.6. The van der Waals surface area contributed by atoms with Crippen molar-refractivity contribution in [2.45, 2.75) is 44.1 Å². The molecule has 0 atom stereocenters. The lowest BCUT2D eigenvalue weighted by atomic mass is 10.1. The van der Waals surface area contributed by atoms with Crippen LogP contribution in [0.15, 0.2) is 30.4 Å². The Morgan fingerprint density at radius 1 is 1.25 bits per heavy atom. The highest BCUT2D eigenvalue weighted by Crippen LogP contribution is 2.47. The Bertz CT molecular complexity index is 1020. The van der Waals surface area contributed by atoms with Crippen molar-refractivity contribution in [3.63, 3.8) is 0 Å². The van der Waals surface area contributed by atoms with Crippen LogP contribution in [-0.2, 0) is 20.4 Å². The standard InChI is InChI=1S/C22H28FN3O5S/c23-18-7-6-17(14-19(18)31-15-16-4-5-16)22(9-10-22)25-32(29,30)13-3-1-2-11-26-12-8-20(27)24-21(26)28/h1-2,6-7,14,16,25H,3-5,8-13,15H2,(H,24,27,28)/b2-1+. The quantitative estimate of drug-likeness (QED) is 0.489. The molecular formula is C22H28FN3O5S. The fraction of sp³-hybridized carbons (Fsp3) is 0.545. The largest absolute Gasteiger partial charge is 0.490 e. The second kappa shape index (κ2) is 9.19. The van der Waals surface area contributed by atoms with Crippen LogP contribution < -0.4 is 14.8 Å². The van der Waals surface area contributed by atoms with Crippen LogP contribution in [0.3, 0.4) is 0 Å². The molecule has 1 aromatic carbocycles. The zero-order valence-corrected chi connectivity index (χ0v) is 18.6. The molecule has 2 aliphatic carbocycles. The van der Waals surface area contributed by atoms with Crippen LogP contribution in [0.4, 0.5) is 9.18 Å². The maximum Gasteiger partial charge on any atom is 0.324 e. The van der Waals surface area contributed by atoms with Crippen molar-refractivity contribution in [1.29, 1.82) is 0 Å². The Hall–Kier alpha value is -2.46. The fourth-order valence-corrected chi connectivity index (χ4v) is 5.11. The summed E-state index contributed by atoms with van der Waals surface area (Å²) in [5.74, 6) is -0.158. The summed E-state index contributed by atoms with van der Waals surface area (Å²) in [5, 5.41) is 2.24. The van der Waals surface area contributed by atoms with Gasteiger partial charge in [0.05, 0.1) is 17.9 Å². The summed E-state index contributed by atoms with van der Waals surface area (Å²) >= 11 is 0. The lowest BCUT2D eigenvalue weighted by Gasteiger charge is -2.25. The highest BCUT2D eigenvalue weighted by Gasteiger charge is 2.47. The third kappa shape index (κ3) is 5.86. The van der Waals surface area contributed by atoms with E-state index in [-0.39, 0.29) is 23.8 Å². The Morgan fingerprint density at radius 2 is 2.03 bits per heavy atom. The van der Waals surface area contributed by atoms with Crippen molar-refractivity contribution in [2.75, 3.05) is 25.4 Å². The summed E-state index contributed by atoms with van der Waals surface area (Å²) in [7, 11) is -3.56. The number of allylic oxidation sites excluding steroid dienone is 1. The summed E-state index contributed by atoms with van der Waals surface area (Å²) in [4.78, 5) is 24.3. The molecule has 0 spiro atoms. The molecule has 1 saturated heterocycles.